The number of benzene rings is 2. The fourth-order valence-electron chi connectivity index (χ4n) is 2.23. The number of amides is 1. The highest BCUT2D eigenvalue weighted by Gasteiger charge is 2.20. The molecular weight excluding hydrogens is 320 g/mol. The Morgan fingerprint density at radius 2 is 1.76 bits per heavy atom. The Morgan fingerprint density at radius 3 is 2.40 bits per heavy atom. The number of para-hydroxylation sites is 1. The van der Waals surface area contributed by atoms with Gasteiger partial charge in [0.1, 0.15) is 5.75 Å². The summed E-state index contributed by atoms with van der Waals surface area (Å²) in [5.41, 5.74) is 1.96. The van der Waals surface area contributed by atoms with Crippen LogP contribution in [0.2, 0.25) is 0 Å². The molecule has 1 atom stereocenters. The first-order valence-corrected chi connectivity index (χ1v) is 7.93. The van der Waals surface area contributed by atoms with Gasteiger partial charge in [0.25, 0.3) is 5.91 Å². The van der Waals surface area contributed by atoms with Gasteiger partial charge in [0.2, 0.25) is 0 Å². The predicted octanol–water partition coefficient (Wildman–Crippen LogP) is 2.60. The highest BCUT2D eigenvalue weighted by molar-refractivity contribution is 5.97. The summed E-state index contributed by atoms with van der Waals surface area (Å²) >= 11 is 0. The second-order valence-electron chi connectivity index (χ2n) is 5.41. The zero-order valence-corrected chi connectivity index (χ0v) is 14.5. The van der Waals surface area contributed by atoms with Crippen LogP contribution in [0.15, 0.2) is 48.5 Å². The molecule has 0 radical (unpaired) electrons. The van der Waals surface area contributed by atoms with Crippen molar-refractivity contribution in [2.24, 2.45) is 0 Å². The number of anilines is 1. The van der Waals surface area contributed by atoms with E-state index in [0.29, 0.717) is 17.8 Å². The highest BCUT2D eigenvalue weighted by Crippen LogP contribution is 2.16. The van der Waals surface area contributed by atoms with E-state index in [4.69, 9.17) is 9.47 Å². The summed E-state index contributed by atoms with van der Waals surface area (Å²) in [4.78, 5) is 24.4. The number of carbonyl (C=O) groups excluding carboxylic acids is 2. The molecule has 0 aromatic heterocycles. The second kappa shape index (κ2) is 8.73. The van der Waals surface area contributed by atoms with Crippen LogP contribution in [0.4, 0.5) is 5.69 Å². The molecule has 2 N–H and O–H groups in total. The summed E-state index contributed by atoms with van der Waals surface area (Å²) in [6, 6.07) is 14.3. The number of methoxy groups -OCH3 is 1. The van der Waals surface area contributed by atoms with Gasteiger partial charge in [0, 0.05) is 19.3 Å². The summed E-state index contributed by atoms with van der Waals surface area (Å²) in [6.45, 7) is 1.89. The Hall–Kier alpha value is -3.02. The molecule has 0 spiro atoms. The van der Waals surface area contributed by atoms with Crippen LogP contribution in [0.1, 0.15) is 22.8 Å². The van der Waals surface area contributed by atoms with Crippen molar-refractivity contribution in [3.8, 4) is 5.75 Å². The fraction of sp³-hybridized carbons (Fsp3) is 0.263. The number of rotatable bonds is 7. The van der Waals surface area contributed by atoms with Crippen LogP contribution in [0.5, 0.6) is 5.75 Å². The summed E-state index contributed by atoms with van der Waals surface area (Å²) < 4.78 is 10.3. The quantitative estimate of drug-likeness (QED) is 0.757. The van der Waals surface area contributed by atoms with Crippen LogP contribution in [0.3, 0.4) is 0 Å². The van der Waals surface area contributed by atoms with E-state index in [2.05, 4.69) is 10.6 Å². The first kappa shape index (κ1) is 18.3. The molecule has 0 aliphatic heterocycles. The third kappa shape index (κ3) is 4.97. The van der Waals surface area contributed by atoms with Gasteiger partial charge >= 0.3 is 5.97 Å². The molecule has 0 aliphatic rings. The first-order valence-electron chi connectivity index (χ1n) is 7.93. The molecule has 2 aromatic carbocycles. The average molecular weight is 342 g/mol. The van der Waals surface area contributed by atoms with Crippen LogP contribution < -0.4 is 15.4 Å². The van der Waals surface area contributed by atoms with Crippen LogP contribution >= 0.6 is 0 Å². The van der Waals surface area contributed by atoms with Crippen molar-refractivity contribution in [1.29, 1.82) is 0 Å². The number of carbonyl (C=O) groups is 2. The lowest BCUT2D eigenvalue weighted by atomic mass is 10.2. The Morgan fingerprint density at radius 1 is 1.08 bits per heavy atom. The van der Waals surface area contributed by atoms with Gasteiger partial charge in [-0.15, -0.1) is 0 Å². The molecule has 0 saturated carbocycles. The van der Waals surface area contributed by atoms with Crippen LogP contribution in [0, 0.1) is 0 Å². The third-order valence-corrected chi connectivity index (χ3v) is 3.70. The highest BCUT2D eigenvalue weighted by atomic mass is 16.5. The third-order valence-electron chi connectivity index (χ3n) is 3.70. The van der Waals surface area contributed by atoms with Crippen molar-refractivity contribution in [1.82, 2.24) is 5.32 Å². The van der Waals surface area contributed by atoms with Crippen molar-refractivity contribution >= 4 is 17.6 Å². The molecule has 6 nitrogen and oxygen atoms in total. The lowest BCUT2D eigenvalue weighted by Crippen LogP contribution is -2.35. The summed E-state index contributed by atoms with van der Waals surface area (Å²) in [5, 5.41) is 5.67. The molecule has 0 aliphatic carbocycles. The Labute approximate surface area is 147 Å². The molecular formula is C19H22N2O4. The minimum Gasteiger partial charge on any atom is -0.497 e. The number of hydrogen-bond acceptors (Lipinski definition) is 5. The fourth-order valence-corrected chi connectivity index (χ4v) is 2.23. The van der Waals surface area contributed by atoms with Crippen molar-refractivity contribution < 1.29 is 19.1 Å². The van der Waals surface area contributed by atoms with E-state index in [1.54, 1.807) is 39.3 Å². The number of ether oxygens (including phenoxy) is 2. The lowest BCUT2D eigenvalue weighted by Gasteiger charge is -2.15. The van der Waals surface area contributed by atoms with Gasteiger partial charge in [-0.1, -0.05) is 24.3 Å². The molecule has 132 valence electrons. The summed E-state index contributed by atoms with van der Waals surface area (Å²) in [7, 11) is 3.32. The van der Waals surface area contributed by atoms with Crippen molar-refractivity contribution in [2.45, 2.75) is 19.6 Å². The van der Waals surface area contributed by atoms with Gasteiger partial charge in [-0.2, -0.15) is 0 Å². The van der Waals surface area contributed by atoms with Gasteiger partial charge < -0.3 is 20.1 Å². The standard InChI is InChI=1S/C19H22N2O4/c1-13(25-19(23)16-6-4-5-7-17(16)20-2)18(22)21-12-14-8-10-15(24-3)11-9-14/h4-11,13,20H,12H2,1-3H3,(H,21,22)/t13-/m1/s1. The Bertz CT molecular complexity index is 728. The largest absolute Gasteiger partial charge is 0.497 e. The van der Waals surface area contributed by atoms with E-state index in [1.165, 1.54) is 0 Å². The number of hydrogen-bond donors (Lipinski definition) is 2. The molecule has 2 rings (SSSR count). The number of nitrogens with one attached hydrogen (secondary N) is 2. The maximum absolute atomic E-state index is 12.2. The Kier molecular flexibility index (Phi) is 6.39. The minimum atomic E-state index is -0.893. The first-order chi connectivity index (χ1) is 12.0. The van der Waals surface area contributed by atoms with E-state index in [1.807, 2.05) is 30.3 Å². The lowest BCUT2D eigenvalue weighted by molar-refractivity contribution is -0.129. The summed E-state index contributed by atoms with van der Waals surface area (Å²) in [5.74, 6) is -0.149. The van der Waals surface area contributed by atoms with E-state index in [0.717, 1.165) is 11.3 Å². The van der Waals surface area contributed by atoms with Crippen LogP contribution in [0.25, 0.3) is 0 Å². The van der Waals surface area contributed by atoms with Gasteiger partial charge in [-0.25, -0.2) is 4.79 Å². The predicted molar refractivity (Wildman–Crippen MR) is 95.7 cm³/mol. The molecule has 0 heterocycles. The SMILES string of the molecule is CNc1ccccc1C(=O)O[C@H](C)C(=O)NCc1ccc(OC)cc1. The molecule has 0 bridgehead atoms. The smallest absolute Gasteiger partial charge is 0.341 e. The Balaban J connectivity index is 1.89. The molecule has 1 amide bonds. The van der Waals surface area contributed by atoms with Crippen LogP contribution in [-0.2, 0) is 16.1 Å². The molecule has 0 fully saturated rings. The van der Waals surface area contributed by atoms with Gasteiger partial charge in [-0.3, -0.25) is 4.79 Å². The maximum atomic E-state index is 12.2. The minimum absolute atomic E-state index is 0.345. The van der Waals surface area contributed by atoms with Crippen molar-refractivity contribution in [3.05, 3.63) is 59.7 Å². The maximum Gasteiger partial charge on any atom is 0.341 e. The number of esters is 1. The van der Waals surface area contributed by atoms with E-state index >= 15 is 0 Å². The zero-order chi connectivity index (χ0) is 18.2. The van der Waals surface area contributed by atoms with Gasteiger partial charge in [0.05, 0.1) is 12.7 Å². The van der Waals surface area contributed by atoms with E-state index in [9.17, 15) is 9.59 Å². The average Bonchev–Trinajstić information content (AvgIpc) is 2.66. The van der Waals surface area contributed by atoms with Crippen LogP contribution in [-0.4, -0.2) is 32.1 Å². The topological polar surface area (TPSA) is 76.7 Å². The summed E-state index contributed by atoms with van der Waals surface area (Å²) in [6.07, 6.45) is -0.893. The molecule has 2 aromatic rings. The van der Waals surface area contributed by atoms with Crippen molar-refractivity contribution in [3.63, 3.8) is 0 Å². The molecule has 6 heteroatoms. The normalized spacial score (nSPS) is 11.3. The van der Waals surface area contributed by atoms with E-state index < -0.39 is 12.1 Å². The molecule has 0 saturated heterocycles. The van der Waals surface area contributed by atoms with E-state index in [-0.39, 0.29) is 5.91 Å². The second-order valence-corrected chi connectivity index (χ2v) is 5.41. The zero-order valence-electron chi connectivity index (χ0n) is 14.5. The molecule has 0 unspecified atom stereocenters. The van der Waals surface area contributed by atoms with Gasteiger partial charge in [0.15, 0.2) is 6.10 Å². The monoisotopic (exact) mass is 342 g/mol. The van der Waals surface area contributed by atoms with Gasteiger partial charge in [-0.05, 0) is 36.8 Å². The van der Waals surface area contributed by atoms with Crippen molar-refractivity contribution in [2.75, 3.05) is 19.5 Å². The molecule has 25 heavy (non-hydrogen) atoms.